The Morgan fingerprint density at radius 3 is 2.92 bits per heavy atom. The first-order valence-corrected chi connectivity index (χ1v) is 3.70. The fourth-order valence-electron chi connectivity index (χ4n) is 0.797. The topological polar surface area (TPSA) is 63.0 Å². The van der Waals surface area contributed by atoms with Gasteiger partial charge in [0.15, 0.2) is 0 Å². The van der Waals surface area contributed by atoms with Crippen LogP contribution in [0.2, 0.25) is 0 Å². The molecule has 0 N–H and O–H groups in total. The van der Waals surface area contributed by atoms with Crippen molar-refractivity contribution in [1.29, 1.82) is 5.26 Å². The maximum Gasteiger partial charge on any atom is 0.270 e. The molecule has 13 heavy (non-hydrogen) atoms. The molecule has 0 atom stereocenters. The van der Waals surface area contributed by atoms with Crippen molar-refractivity contribution in [1.82, 2.24) is 4.98 Å². The second-order valence-electron chi connectivity index (χ2n) is 2.16. The summed E-state index contributed by atoms with van der Waals surface area (Å²) in [6.45, 7) is 0. The van der Waals surface area contributed by atoms with E-state index in [0.717, 1.165) is 0 Å². The Bertz CT molecular complexity index is 384. The van der Waals surface area contributed by atoms with Crippen molar-refractivity contribution in [2.45, 2.75) is 0 Å². The number of nitriles is 1. The van der Waals surface area contributed by atoms with Crippen LogP contribution in [-0.4, -0.2) is 17.3 Å². The maximum atomic E-state index is 10.7. The van der Waals surface area contributed by atoms with Gasteiger partial charge in [-0.3, -0.25) is 9.78 Å². The minimum atomic E-state index is -0.678. The van der Waals surface area contributed by atoms with Crippen molar-refractivity contribution in [2.75, 3.05) is 7.11 Å². The van der Waals surface area contributed by atoms with Gasteiger partial charge in [0.1, 0.15) is 23.1 Å². The van der Waals surface area contributed by atoms with E-state index in [1.165, 1.54) is 19.4 Å². The lowest BCUT2D eigenvalue weighted by Crippen LogP contribution is -1.97. The van der Waals surface area contributed by atoms with Gasteiger partial charge in [0, 0.05) is 12.3 Å². The van der Waals surface area contributed by atoms with Gasteiger partial charge in [0.2, 0.25) is 0 Å². The highest BCUT2D eigenvalue weighted by atomic mass is 35.5. The van der Waals surface area contributed by atoms with Crippen molar-refractivity contribution >= 4 is 16.8 Å². The first-order chi connectivity index (χ1) is 6.19. The molecule has 0 saturated carbocycles. The maximum absolute atomic E-state index is 10.7. The average Bonchev–Trinajstić information content (AvgIpc) is 2.16. The number of pyridine rings is 1. The molecule has 1 rings (SSSR count). The first kappa shape index (κ1) is 9.49. The second-order valence-corrected chi connectivity index (χ2v) is 2.50. The number of methoxy groups -OCH3 is 1. The molecule has 0 unspecified atom stereocenters. The zero-order valence-corrected chi connectivity index (χ0v) is 7.50. The molecule has 1 heterocycles. The van der Waals surface area contributed by atoms with Gasteiger partial charge < -0.3 is 4.74 Å². The molecule has 0 fully saturated rings. The van der Waals surface area contributed by atoms with Crippen LogP contribution in [0, 0.1) is 11.3 Å². The minimum Gasteiger partial charge on any atom is -0.495 e. The van der Waals surface area contributed by atoms with Gasteiger partial charge in [0.25, 0.3) is 5.24 Å². The Balaban J connectivity index is 3.23. The number of hydrogen-bond donors (Lipinski definition) is 0. The van der Waals surface area contributed by atoms with Crippen molar-refractivity contribution in [3.63, 3.8) is 0 Å². The lowest BCUT2D eigenvalue weighted by atomic mass is 10.2. The van der Waals surface area contributed by atoms with Crippen LogP contribution in [0.15, 0.2) is 12.3 Å². The number of nitrogens with zero attached hydrogens (tertiary/aromatic N) is 2. The third kappa shape index (κ3) is 1.95. The van der Waals surface area contributed by atoms with E-state index in [4.69, 9.17) is 21.6 Å². The minimum absolute atomic E-state index is 0.0671. The molecule has 0 radical (unpaired) electrons. The van der Waals surface area contributed by atoms with Gasteiger partial charge in [-0.15, -0.1) is 0 Å². The summed E-state index contributed by atoms with van der Waals surface area (Å²) in [5.74, 6) is 0.293. The molecule has 4 nitrogen and oxygen atoms in total. The van der Waals surface area contributed by atoms with Gasteiger partial charge in [-0.25, -0.2) is 0 Å². The van der Waals surface area contributed by atoms with Crippen LogP contribution >= 0.6 is 11.6 Å². The molecule has 0 aliphatic heterocycles. The molecule has 0 spiro atoms. The third-order valence-electron chi connectivity index (χ3n) is 1.41. The molecule has 66 valence electrons. The average molecular weight is 197 g/mol. The van der Waals surface area contributed by atoms with Crippen LogP contribution in [0.3, 0.4) is 0 Å². The quantitative estimate of drug-likeness (QED) is 0.670. The van der Waals surface area contributed by atoms with Crippen LogP contribution in [0.25, 0.3) is 0 Å². The molecule has 0 aliphatic carbocycles. The lowest BCUT2D eigenvalue weighted by molar-refractivity contribution is 0.107. The summed E-state index contributed by atoms with van der Waals surface area (Å²) in [5, 5.41) is 7.91. The van der Waals surface area contributed by atoms with Crippen molar-refractivity contribution < 1.29 is 9.53 Å². The van der Waals surface area contributed by atoms with Crippen molar-refractivity contribution in [3.05, 3.63) is 23.5 Å². The van der Waals surface area contributed by atoms with Crippen LogP contribution < -0.4 is 4.74 Å². The standard InChI is InChI=1S/C8H5ClN2O2/c1-13-7-2-6(8(9)12)11-4-5(7)3-10/h2,4H,1H3. The van der Waals surface area contributed by atoms with E-state index in [0.29, 0.717) is 5.75 Å². The molecular weight excluding hydrogens is 192 g/mol. The first-order valence-electron chi connectivity index (χ1n) is 3.33. The lowest BCUT2D eigenvalue weighted by Gasteiger charge is -2.01. The van der Waals surface area contributed by atoms with Gasteiger partial charge in [-0.1, -0.05) is 0 Å². The third-order valence-corrected chi connectivity index (χ3v) is 1.60. The summed E-state index contributed by atoms with van der Waals surface area (Å²) in [7, 11) is 1.40. The van der Waals surface area contributed by atoms with E-state index in [2.05, 4.69) is 4.98 Å². The predicted octanol–water partition coefficient (Wildman–Crippen LogP) is 1.34. The molecule has 0 aliphatic rings. The van der Waals surface area contributed by atoms with Gasteiger partial charge in [0.05, 0.1) is 7.11 Å². The number of aromatic nitrogens is 1. The van der Waals surface area contributed by atoms with E-state index in [9.17, 15) is 4.79 Å². The van der Waals surface area contributed by atoms with Crippen molar-refractivity contribution in [2.24, 2.45) is 0 Å². The number of rotatable bonds is 2. The van der Waals surface area contributed by atoms with E-state index in [1.807, 2.05) is 6.07 Å². The summed E-state index contributed by atoms with van der Waals surface area (Å²) in [4.78, 5) is 14.4. The number of halogens is 1. The predicted molar refractivity (Wildman–Crippen MR) is 45.7 cm³/mol. The summed E-state index contributed by atoms with van der Waals surface area (Å²) in [5.41, 5.74) is 0.335. The molecule has 1 aromatic heterocycles. The Morgan fingerprint density at radius 2 is 2.46 bits per heavy atom. The fraction of sp³-hybridized carbons (Fsp3) is 0.125. The SMILES string of the molecule is COc1cc(C(=O)Cl)ncc1C#N. The monoisotopic (exact) mass is 196 g/mol. The van der Waals surface area contributed by atoms with Gasteiger partial charge in [-0.2, -0.15) is 5.26 Å². The molecule has 5 heteroatoms. The van der Waals surface area contributed by atoms with Crippen LogP contribution in [0.4, 0.5) is 0 Å². The molecular formula is C8H5ClN2O2. The normalized spacial score (nSPS) is 9.00. The highest BCUT2D eigenvalue weighted by molar-refractivity contribution is 6.67. The zero-order chi connectivity index (χ0) is 9.84. The number of carbonyl (C=O) groups is 1. The molecule has 0 amide bonds. The Kier molecular flexibility index (Phi) is 2.83. The smallest absolute Gasteiger partial charge is 0.270 e. The molecule has 0 bridgehead atoms. The molecule has 0 aromatic carbocycles. The summed E-state index contributed by atoms with van der Waals surface area (Å²) < 4.78 is 4.85. The highest BCUT2D eigenvalue weighted by Crippen LogP contribution is 2.17. The zero-order valence-electron chi connectivity index (χ0n) is 6.74. The largest absolute Gasteiger partial charge is 0.495 e. The summed E-state index contributed by atoms with van der Waals surface area (Å²) in [6.07, 6.45) is 1.24. The molecule has 1 aromatic rings. The van der Waals surface area contributed by atoms with Crippen LogP contribution in [0.1, 0.15) is 16.1 Å². The van der Waals surface area contributed by atoms with E-state index in [1.54, 1.807) is 0 Å². The van der Waals surface area contributed by atoms with Gasteiger partial charge in [-0.05, 0) is 11.6 Å². The second kappa shape index (κ2) is 3.87. The van der Waals surface area contributed by atoms with E-state index >= 15 is 0 Å². The summed E-state index contributed by atoms with van der Waals surface area (Å²) in [6, 6.07) is 3.20. The summed E-state index contributed by atoms with van der Waals surface area (Å²) >= 11 is 5.19. The number of carbonyl (C=O) groups excluding carboxylic acids is 1. The van der Waals surface area contributed by atoms with E-state index in [-0.39, 0.29) is 11.3 Å². The van der Waals surface area contributed by atoms with Crippen LogP contribution in [-0.2, 0) is 0 Å². The van der Waals surface area contributed by atoms with E-state index < -0.39 is 5.24 Å². The fourth-order valence-corrected chi connectivity index (χ4v) is 0.901. The van der Waals surface area contributed by atoms with Crippen LogP contribution in [0.5, 0.6) is 5.75 Å². The Labute approximate surface area is 79.7 Å². The van der Waals surface area contributed by atoms with Gasteiger partial charge >= 0.3 is 0 Å². The molecule has 0 saturated heterocycles. The van der Waals surface area contributed by atoms with Crippen molar-refractivity contribution in [3.8, 4) is 11.8 Å². The highest BCUT2D eigenvalue weighted by Gasteiger charge is 2.08. The number of hydrogen-bond acceptors (Lipinski definition) is 4. The Morgan fingerprint density at radius 1 is 1.77 bits per heavy atom. The Hall–Kier alpha value is -1.60. The number of ether oxygens (including phenoxy) is 1.